The molecule has 1 fully saturated rings. The summed E-state index contributed by atoms with van der Waals surface area (Å²) in [4.78, 5) is 38.4. The molecular weight excluding hydrogens is 390 g/mol. The maximum absolute atomic E-state index is 12.9. The summed E-state index contributed by atoms with van der Waals surface area (Å²) in [7, 11) is 2.92. The first-order valence-electron chi connectivity index (χ1n) is 8.71. The van der Waals surface area contributed by atoms with Gasteiger partial charge in [0.2, 0.25) is 0 Å². The largest absolute Gasteiger partial charge is 0.497 e. The van der Waals surface area contributed by atoms with Gasteiger partial charge in [0, 0.05) is 0 Å². The standard InChI is InChI=1S/C21H17N3O6/c1-28-15-6-4-14(5-7-15)24-20(26)16(19(25)23-21(24)27)11-13-3-8-17(30-10-9-22)18(12-13)29-2/h3-8,11-12H,10H2,1-2H3,(H,23,25,27)/b16-11+. The molecule has 0 saturated carbocycles. The Balaban J connectivity index is 1.95. The Morgan fingerprint density at radius 2 is 1.77 bits per heavy atom. The van der Waals surface area contributed by atoms with Crippen LogP contribution in [-0.2, 0) is 9.59 Å². The summed E-state index contributed by atoms with van der Waals surface area (Å²) >= 11 is 0. The fourth-order valence-electron chi connectivity index (χ4n) is 2.79. The molecule has 1 saturated heterocycles. The Bertz CT molecular complexity index is 1070. The summed E-state index contributed by atoms with van der Waals surface area (Å²) in [5, 5.41) is 10.8. The molecule has 0 aliphatic carbocycles. The molecule has 2 aromatic rings. The minimum Gasteiger partial charge on any atom is -0.497 e. The van der Waals surface area contributed by atoms with Crippen molar-refractivity contribution in [2.75, 3.05) is 25.7 Å². The number of nitrogens with zero attached hydrogens (tertiary/aromatic N) is 2. The normalized spacial score (nSPS) is 14.9. The zero-order chi connectivity index (χ0) is 21.7. The Hall–Kier alpha value is -4.32. The lowest BCUT2D eigenvalue weighted by atomic mass is 10.1. The fraction of sp³-hybridized carbons (Fsp3) is 0.143. The Labute approximate surface area is 172 Å². The fourth-order valence-corrected chi connectivity index (χ4v) is 2.79. The molecule has 1 heterocycles. The number of amides is 4. The lowest BCUT2D eigenvalue weighted by Gasteiger charge is -2.26. The second-order valence-corrected chi connectivity index (χ2v) is 6.01. The summed E-state index contributed by atoms with van der Waals surface area (Å²) in [5.74, 6) is -0.348. The molecule has 1 aliphatic rings. The van der Waals surface area contributed by atoms with E-state index in [0.29, 0.717) is 22.8 Å². The van der Waals surface area contributed by atoms with Crippen LogP contribution in [0.1, 0.15) is 5.56 Å². The molecule has 0 aromatic heterocycles. The van der Waals surface area contributed by atoms with Gasteiger partial charge >= 0.3 is 6.03 Å². The van der Waals surface area contributed by atoms with E-state index in [1.165, 1.54) is 32.4 Å². The first-order chi connectivity index (χ1) is 14.5. The zero-order valence-corrected chi connectivity index (χ0v) is 16.2. The molecule has 1 N–H and O–H groups in total. The Kier molecular flexibility index (Phi) is 5.98. The monoisotopic (exact) mass is 407 g/mol. The predicted octanol–water partition coefficient (Wildman–Crippen LogP) is 2.27. The van der Waals surface area contributed by atoms with Crippen molar-refractivity contribution >= 4 is 29.6 Å². The van der Waals surface area contributed by atoms with Crippen LogP contribution in [0, 0.1) is 11.3 Å². The summed E-state index contributed by atoms with van der Waals surface area (Å²) in [6, 6.07) is 12.0. The number of methoxy groups -OCH3 is 2. The second kappa shape index (κ2) is 8.79. The van der Waals surface area contributed by atoms with Gasteiger partial charge in [0.15, 0.2) is 18.1 Å². The molecule has 2 aromatic carbocycles. The summed E-state index contributed by atoms with van der Waals surface area (Å²) in [5.41, 5.74) is 0.534. The van der Waals surface area contributed by atoms with Crippen LogP contribution < -0.4 is 24.4 Å². The maximum atomic E-state index is 12.9. The number of benzene rings is 2. The van der Waals surface area contributed by atoms with Gasteiger partial charge in [-0.2, -0.15) is 5.26 Å². The third-order valence-corrected chi connectivity index (χ3v) is 4.22. The molecule has 0 unspecified atom stereocenters. The van der Waals surface area contributed by atoms with Crippen LogP contribution in [-0.4, -0.2) is 38.7 Å². The van der Waals surface area contributed by atoms with E-state index >= 15 is 0 Å². The van der Waals surface area contributed by atoms with E-state index in [2.05, 4.69) is 5.32 Å². The van der Waals surface area contributed by atoms with Crippen LogP contribution in [0.25, 0.3) is 6.08 Å². The van der Waals surface area contributed by atoms with Crippen molar-refractivity contribution in [3.8, 4) is 23.3 Å². The van der Waals surface area contributed by atoms with E-state index in [4.69, 9.17) is 19.5 Å². The van der Waals surface area contributed by atoms with Crippen molar-refractivity contribution in [1.82, 2.24) is 5.32 Å². The van der Waals surface area contributed by atoms with Gasteiger partial charge in [-0.05, 0) is 48.0 Å². The van der Waals surface area contributed by atoms with E-state index < -0.39 is 17.8 Å². The minimum atomic E-state index is -0.842. The second-order valence-electron chi connectivity index (χ2n) is 6.01. The van der Waals surface area contributed by atoms with Crippen LogP contribution in [0.5, 0.6) is 17.2 Å². The zero-order valence-electron chi connectivity index (χ0n) is 16.2. The van der Waals surface area contributed by atoms with Gasteiger partial charge in [-0.1, -0.05) is 6.07 Å². The molecular formula is C21H17N3O6. The van der Waals surface area contributed by atoms with Crippen molar-refractivity contribution in [2.24, 2.45) is 0 Å². The quantitative estimate of drug-likeness (QED) is 0.576. The highest BCUT2D eigenvalue weighted by Crippen LogP contribution is 2.30. The highest BCUT2D eigenvalue weighted by molar-refractivity contribution is 6.39. The molecule has 9 nitrogen and oxygen atoms in total. The molecule has 0 radical (unpaired) electrons. The summed E-state index contributed by atoms with van der Waals surface area (Å²) in [6.07, 6.45) is 1.34. The van der Waals surface area contributed by atoms with Gasteiger partial charge in [0.05, 0.1) is 19.9 Å². The number of barbiturate groups is 1. The van der Waals surface area contributed by atoms with E-state index in [9.17, 15) is 14.4 Å². The van der Waals surface area contributed by atoms with Crippen LogP contribution in [0.4, 0.5) is 10.5 Å². The number of ether oxygens (including phenoxy) is 3. The minimum absolute atomic E-state index is 0.156. The van der Waals surface area contributed by atoms with E-state index in [1.807, 2.05) is 6.07 Å². The third-order valence-electron chi connectivity index (χ3n) is 4.22. The number of hydrogen-bond donors (Lipinski definition) is 1. The van der Waals surface area contributed by atoms with Gasteiger partial charge in [0.1, 0.15) is 17.4 Å². The van der Waals surface area contributed by atoms with Crippen LogP contribution >= 0.6 is 0 Å². The number of hydrogen-bond acceptors (Lipinski definition) is 7. The number of nitrogens with one attached hydrogen (secondary N) is 1. The molecule has 30 heavy (non-hydrogen) atoms. The van der Waals surface area contributed by atoms with Crippen molar-refractivity contribution in [1.29, 1.82) is 5.26 Å². The van der Waals surface area contributed by atoms with Gasteiger partial charge in [0.25, 0.3) is 11.8 Å². The van der Waals surface area contributed by atoms with Crippen molar-refractivity contribution in [3.05, 3.63) is 53.6 Å². The van der Waals surface area contributed by atoms with Gasteiger partial charge in [-0.25, -0.2) is 9.69 Å². The van der Waals surface area contributed by atoms with Crippen LogP contribution in [0.2, 0.25) is 0 Å². The average Bonchev–Trinajstić information content (AvgIpc) is 2.75. The average molecular weight is 407 g/mol. The number of carbonyl (C=O) groups excluding carboxylic acids is 3. The van der Waals surface area contributed by atoms with Gasteiger partial charge in [-0.3, -0.25) is 14.9 Å². The van der Waals surface area contributed by atoms with Crippen LogP contribution in [0.15, 0.2) is 48.0 Å². The van der Waals surface area contributed by atoms with Gasteiger partial charge < -0.3 is 14.2 Å². The van der Waals surface area contributed by atoms with Crippen LogP contribution in [0.3, 0.4) is 0 Å². The summed E-state index contributed by atoms with van der Waals surface area (Å²) in [6.45, 7) is -0.156. The molecule has 3 rings (SSSR count). The Morgan fingerprint density at radius 1 is 1.03 bits per heavy atom. The molecule has 9 heteroatoms. The highest BCUT2D eigenvalue weighted by atomic mass is 16.5. The number of rotatable bonds is 6. The first kappa shape index (κ1) is 20.4. The smallest absolute Gasteiger partial charge is 0.335 e. The molecule has 1 aliphatic heterocycles. The lowest BCUT2D eigenvalue weighted by molar-refractivity contribution is -0.122. The van der Waals surface area contributed by atoms with Gasteiger partial charge in [-0.15, -0.1) is 0 Å². The van der Waals surface area contributed by atoms with Crippen molar-refractivity contribution in [2.45, 2.75) is 0 Å². The highest BCUT2D eigenvalue weighted by Gasteiger charge is 2.36. The predicted molar refractivity (Wildman–Crippen MR) is 106 cm³/mol. The van der Waals surface area contributed by atoms with E-state index in [1.54, 1.807) is 30.3 Å². The Morgan fingerprint density at radius 3 is 2.40 bits per heavy atom. The maximum Gasteiger partial charge on any atom is 0.335 e. The SMILES string of the molecule is COc1ccc(N2C(=O)NC(=O)/C(=C\c3ccc(OCC#N)c(OC)c3)C2=O)cc1. The number of urea groups is 1. The molecule has 152 valence electrons. The van der Waals surface area contributed by atoms with E-state index in [-0.39, 0.29) is 17.9 Å². The molecule has 0 spiro atoms. The number of imide groups is 2. The lowest BCUT2D eigenvalue weighted by Crippen LogP contribution is -2.54. The van der Waals surface area contributed by atoms with Crippen molar-refractivity contribution in [3.63, 3.8) is 0 Å². The number of carbonyl (C=O) groups is 3. The molecule has 0 bridgehead atoms. The number of anilines is 1. The molecule has 0 atom stereocenters. The van der Waals surface area contributed by atoms with E-state index in [0.717, 1.165) is 4.90 Å². The first-order valence-corrected chi connectivity index (χ1v) is 8.71. The number of nitriles is 1. The topological polar surface area (TPSA) is 118 Å². The molecule has 4 amide bonds. The van der Waals surface area contributed by atoms with Crippen molar-refractivity contribution < 1.29 is 28.6 Å². The third kappa shape index (κ3) is 4.07. The summed E-state index contributed by atoms with van der Waals surface area (Å²) < 4.78 is 15.6.